The number of pyridine rings is 1. The molecule has 2 aliphatic heterocycles. The third-order valence-electron chi connectivity index (χ3n) is 5.97. The Morgan fingerprint density at radius 3 is 2.71 bits per heavy atom. The van der Waals surface area contributed by atoms with Gasteiger partial charge in [0.15, 0.2) is 6.20 Å². The van der Waals surface area contributed by atoms with Crippen LogP contribution < -0.4 is 9.88 Å². The molecule has 0 radical (unpaired) electrons. The Bertz CT molecular complexity index is 586. The van der Waals surface area contributed by atoms with Gasteiger partial charge < -0.3 is 14.5 Å². The van der Waals surface area contributed by atoms with Crippen molar-refractivity contribution >= 4 is 11.6 Å². The number of aromatic nitrogens is 1. The molecule has 1 aliphatic carbocycles. The number of morpholine rings is 1. The second kappa shape index (κ2) is 7.09. The lowest BCUT2D eigenvalue weighted by molar-refractivity contribution is -0.382. The number of rotatable bonds is 2. The average molecular weight is 330 g/mol. The molecule has 3 fully saturated rings. The molecule has 130 valence electrons. The number of carbonyl (C=O) groups excluding carboxylic acids is 1. The minimum Gasteiger partial charge on any atom is -0.378 e. The molecule has 1 aromatic rings. The second-order valence-corrected chi connectivity index (χ2v) is 7.40. The summed E-state index contributed by atoms with van der Waals surface area (Å²) in [5.41, 5.74) is 1.83. The number of piperidine rings is 1. The van der Waals surface area contributed by atoms with Crippen LogP contribution >= 0.6 is 0 Å². The van der Waals surface area contributed by atoms with Gasteiger partial charge in [0, 0.05) is 44.0 Å². The Kier molecular flexibility index (Phi) is 4.69. The molecule has 2 saturated heterocycles. The smallest absolute Gasteiger partial charge is 0.318 e. The van der Waals surface area contributed by atoms with Crippen LogP contribution in [0.5, 0.6) is 0 Å². The molecule has 3 heterocycles. The fourth-order valence-corrected chi connectivity index (χ4v) is 4.55. The third-order valence-corrected chi connectivity index (χ3v) is 5.97. The summed E-state index contributed by atoms with van der Waals surface area (Å²) < 4.78 is 5.42. The number of fused-ring (bicyclic) bond motifs is 1. The first-order chi connectivity index (χ1) is 11.8. The molecule has 0 aromatic carbocycles. The summed E-state index contributed by atoms with van der Waals surface area (Å²) in [7, 11) is 0. The summed E-state index contributed by atoms with van der Waals surface area (Å²) in [6.45, 7) is 5.17. The molecule has 0 spiro atoms. The van der Waals surface area contributed by atoms with E-state index in [9.17, 15) is 4.79 Å². The summed E-state index contributed by atoms with van der Waals surface area (Å²) in [5.74, 6) is 1.74. The fourth-order valence-electron chi connectivity index (χ4n) is 4.55. The summed E-state index contributed by atoms with van der Waals surface area (Å²) >= 11 is 0. The topological polar surface area (TPSA) is 46.9 Å². The van der Waals surface area contributed by atoms with Gasteiger partial charge in [-0.1, -0.05) is 19.3 Å². The van der Waals surface area contributed by atoms with E-state index >= 15 is 0 Å². The zero-order valence-corrected chi connectivity index (χ0v) is 14.4. The maximum absolute atomic E-state index is 13.0. The number of anilines is 1. The van der Waals surface area contributed by atoms with Crippen LogP contribution in [0, 0.1) is 11.8 Å². The van der Waals surface area contributed by atoms with Crippen molar-refractivity contribution in [1.82, 2.24) is 4.90 Å². The van der Waals surface area contributed by atoms with Crippen molar-refractivity contribution < 1.29 is 14.5 Å². The number of amides is 1. The van der Waals surface area contributed by atoms with Crippen LogP contribution in [0.25, 0.3) is 0 Å². The van der Waals surface area contributed by atoms with E-state index in [1.54, 1.807) is 0 Å². The second-order valence-electron chi connectivity index (χ2n) is 7.40. The molecule has 1 saturated carbocycles. The van der Waals surface area contributed by atoms with Gasteiger partial charge in [0.1, 0.15) is 0 Å². The zero-order valence-electron chi connectivity index (χ0n) is 14.4. The van der Waals surface area contributed by atoms with Gasteiger partial charge in [-0.3, -0.25) is 4.79 Å². The highest BCUT2D eigenvalue weighted by Crippen LogP contribution is 2.36. The van der Waals surface area contributed by atoms with E-state index in [-0.39, 0.29) is 5.91 Å². The molecule has 2 atom stereocenters. The average Bonchev–Trinajstić information content (AvgIpc) is 2.68. The number of aromatic amines is 1. The van der Waals surface area contributed by atoms with E-state index in [1.807, 2.05) is 12.3 Å². The van der Waals surface area contributed by atoms with Gasteiger partial charge in [0.05, 0.1) is 13.2 Å². The summed E-state index contributed by atoms with van der Waals surface area (Å²) in [6, 6.07) is 4.07. The van der Waals surface area contributed by atoms with Gasteiger partial charge in [-0.25, -0.2) is 4.98 Å². The van der Waals surface area contributed by atoms with E-state index in [0.717, 1.165) is 56.9 Å². The predicted molar refractivity (Wildman–Crippen MR) is 92.0 cm³/mol. The Labute approximate surface area is 144 Å². The van der Waals surface area contributed by atoms with E-state index < -0.39 is 0 Å². The van der Waals surface area contributed by atoms with Crippen LogP contribution in [0.2, 0.25) is 0 Å². The molecular weight excluding hydrogens is 302 g/mol. The molecule has 4 rings (SSSR count). The number of carbonyl (C=O) groups is 1. The van der Waals surface area contributed by atoms with Crippen LogP contribution in [0.15, 0.2) is 18.3 Å². The fraction of sp³-hybridized carbons (Fsp3) is 0.684. The van der Waals surface area contributed by atoms with Crippen LogP contribution in [0.4, 0.5) is 5.69 Å². The Morgan fingerprint density at radius 2 is 1.88 bits per heavy atom. The molecule has 1 amide bonds. The molecule has 0 bridgehead atoms. The molecule has 3 aliphatic rings. The Balaban J connectivity index is 1.46. The van der Waals surface area contributed by atoms with Crippen molar-refractivity contribution in [2.75, 3.05) is 44.3 Å². The Hall–Kier alpha value is -1.62. The maximum Gasteiger partial charge on any atom is 0.318 e. The predicted octanol–water partition coefficient (Wildman–Crippen LogP) is 1.99. The SMILES string of the molecule is O=C(c1cc(N2CCOCC2)cc[nH+]1)N1CC[C@@H]2CCCC[C@@H]2C1. The van der Waals surface area contributed by atoms with E-state index in [2.05, 4.69) is 20.9 Å². The lowest BCUT2D eigenvalue weighted by atomic mass is 9.75. The van der Waals surface area contributed by atoms with Crippen LogP contribution in [0.3, 0.4) is 0 Å². The highest BCUT2D eigenvalue weighted by Gasteiger charge is 2.34. The largest absolute Gasteiger partial charge is 0.378 e. The first-order valence-electron chi connectivity index (χ1n) is 9.45. The molecule has 1 N–H and O–H groups in total. The first-order valence-corrected chi connectivity index (χ1v) is 9.45. The van der Waals surface area contributed by atoms with E-state index in [1.165, 1.54) is 32.1 Å². The highest BCUT2D eigenvalue weighted by atomic mass is 16.5. The molecule has 5 heteroatoms. The van der Waals surface area contributed by atoms with Crippen LogP contribution in [-0.2, 0) is 4.74 Å². The van der Waals surface area contributed by atoms with Crippen molar-refractivity contribution in [2.24, 2.45) is 11.8 Å². The minimum absolute atomic E-state index is 0.161. The summed E-state index contributed by atoms with van der Waals surface area (Å²) in [6.07, 6.45) is 8.45. The molecule has 0 unspecified atom stereocenters. The van der Waals surface area contributed by atoms with Gasteiger partial charge in [0.2, 0.25) is 0 Å². The molecule has 5 nitrogen and oxygen atoms in total. The van der Waals surface area contributed by atoms with Crippen LogP contribution in [0.1, 0.15) is 42.6 Å². The lowest BCUT2D eigenvalue weighted by Gasteiger charge is -2.40. The lowest BCUT2D eigenvalue weighted by Crippen LogP contribution is -2.46. The van der Waals surface area contributed by atoms with Gasteiger partial charge >= 0.3 is 5.91 Å². The number of hydrogen-bond donors (Lipinski definition) is 0. The molecular formula is C19H28N3O2+. The maximum atomic E-state index is 13.0. The number of likely N-dealkylation sites (tertiary alicyclic amines) is 1. The van der Waals surface area contributed by atoms with Gasteiger partial charge in [-0.2, -0.15) is 0 Å². The third kappa shape index (κ3) is 3.27. The normalized spacial score (nSPS) is 27.7. The zero-order chi connectivity index (χ0) is 16.4. The highest BCUT2D eigenvalue weighted by molar-refractivity contribution is 5.91. The van der Waals surface area contributed by atoms with E-state index in [4.69, 9.17) is 4.74 Å². The van der Waals surface area contributed by atoms with Crippen molar-refractivity contribution in [3.8, 4) is 0 Å². The molecule has 1 aromatic heterocycles. The van der Waals surface area contributed by atoms with Gasteiger partial charge in [-0.15, -0.1) is 0 Å². The quantitative estimate of drug-likeness (QED) is 0.833. The summed E-state index contributed by atoms with van der Waals surface area (Å²) in [4.78, 5) is 20.5. The number of ether oxygens (including phenoxy) is 1. The minimum atomic E-state index is 0.161. The van der Waals surface area contributed by atoms with Crippen molar-refractivity contribution in [2.45, 2.75) is 32.1 Å². The first kappa shape index (κ1) is 15.9. The van der Waals surface area contributed by atoms with E-state index in [0.29, 0.717) is 5.69 Å². The number of hydrogen-bond acceptors (Lipinski definition) is 3. The van der Waals surface area contributed by atoms with Gasteiger partial charge in [0.25, 0.3) is 5.69 Å². The Morgan fingerprint density at radius 1 is 1.08 bits per heavy atom. The number of nitrogens with one attached hydrogen (secondary N) is 1. The number of H-pyrrole nitrogens is 1. The molecule has 24 heavy (non-hydrogen) atoms. The van der Waals surface area contributed by atoms with Gasteiger partial charge in [-0.05, 0) is 24.7 Å². The standard InChI is InChI=1S/C19H27N3O2/c23-19(22-8-6-15-3-1-2-4-16(15)14-22)18-13-17(5-7-20-18)21-9-11-24-12-10-21/h5,7,13,15-16H,1-4,6,8-12,14H2/p+1/t15-,16+/m0/s1. The summed E-state index contributed by atoms with van der Waals surface area (Å²) in [5, 5.41) is 0. The number of nitrogens with zero attached hydrogens (tertiary/aromatic N) is 2. The monoisotopic (exact) mass is 330 g/mol. The van der Waals surface area contributed by atoms with Crippen molar-refractivity contribution in [1.29, 1.82) is 0 Å². The van der Waals surface area contributed by atoms with Crippen molar-refractivity contribution in [3.05, 3.63) is 24.0 Å². The van der Waals surface area contributed by atoms with Crippen LogP contribution in [-0.4, -0.2) is 50.2 Å². The van der Waals surface area contributed by atoms with Crippen molar-refractivity contribution in [3.63, 3.8) is 0 Å².